The predicted octanol–water partition coefficient (Wildman–Crippen LogP) is 6.11. The fourth-order valence-corrected chi connectivity index (χ4v) is 3.59. The number of aromatic amines is 1. The van der Waals surface area contributed by atoms with Gasteiger partial charge in [-0.15, -0.1) is 0 Å². The zero-order valence-electron chi connectivity index (χ0n) is 17.6. The monoisotopic (exact) mass is 424 g/mol. The highest BCUT2D eigenvalue weighted by Crippen LogP contribution is 2.27. The third-order valence-electron chi connectivity index (χ3n) is 5.32. The van der Waals surface area contributed by atoms with Crippen LogP contribution in [0.15, 0.2) is 30.6 Å². The molecule has 3 rings (SSSR count). The summed E-state index contributed by atoms with van der Waals surface area (Å²) in [5.74, 6) is -2.63. The molecule has 0 saturated heterocycles. The van der Waals surface area contributed by atoms with Gasteiger partial charge in [-0.2, -0.15) is 5.26 Å². The Bertz CT molecular complexity index is 1100. The fraction of sp³-hybridized carbons (Fsp3) is 0.375. The van der Waals surface area contributed by atoms with Crippen molar-refractivity contribution >= 4 is 22.5 Å². The minimum absolute atomic E-state index is 0.0710. The maximum atomic E-state index is 15.0. The largest absolute Gasteiger partial charge is 0.383 e. The van der Waals surface area contributed by atoms with Gasteiger partial charge in [0.15, 0.2) is 5.82 Å². The van der Waals surface area contributed by atoms with Gasteiger partial charge in [-0.25, -0.2) is 13.8 Å². The highest BCUT2D eigenvalue weighted by Gasteiger charge is 2.24. The van der Waals surface area contributed by atoms with Crippen LogP contribution in [0.3, 0.4) is 0 Å². The van der Waals surface area contributed by atoms with Gasteiger partial charge in [0.1, 0.15) is 17.5 Å². The maximum Gasteiger partial charge on any atom is 0.201 e. The van der Waals surface area contributed by atoms with Crippen LogP contribution in [0.5, 0.6) is 0 Å². The number of unbranched alkanes of at least 4 members (excludes halogenated alkanes) is 6. The van der Waals surface area contributed by atoms with E-state index in [0.29, 0.717) is 17.6 Å². The minimum Gasteiger partial charge on any atom is -0.383 e. The van der Waals surface area contributed by atoms with Crippen molar-refractivity contribution in [2.45, 2.75) is 51.9 Å². The molecule has 2 aromatic heterocycles. The van der Waals surface area contributed by atoms with E-state index in [1.165, 1.54) is 50.2 Å². The summed E-state index contributed by atoms with van der Waals surface area (Å²) in [6.45, 7) is 2.73. The number of halogens is 2. The van der Waals surface area contributed by atoms with Gasteiger partial charge in [0.05, 0.1) is 16.8 Å². The quantitative estimate of drug-likeness (QED) is 0.288. The summed E-state index contributed by atoms with van der Waals surface area (Å²) in [6.07, 6.45) is 10.7. The molecule has 0 fully saturated rings. The number of anilines is 1. The number of aromatic nitrogens is 2. The number of nitrogens with zero attached hydrogens (tertiary/aromatic N) is 2. The number of fused-ring (bicyclic) bond motifs is 1. The molecule has 2 N–H and O–H groups in total. The molecule has 5 nitrogen and oxygen atoms in total. The number of rotatable bonds is 11. The van der Waals surface area contributed by atoms with Gasteiger partial charge in [0.25, 0.3) is 0 Å². The number of pyridine rings is 1. The van der Waals surface area contributed by atoms with Crippen LogP contribution in [0.25, 0.3) is 11.0 Å². The highest BCUT2D eigenvalue weighted by atomic mass is 19.1. The molecule has 0 spiro atoms. The first kappa shape index (κ1) is 22.4. The van der Waals surface area contributed by atoms with Crippen LogP contribution in [0.1, 0.15) is 73.4 Å². The van der Waals surface area contributed by atoms with Gasteiger partial charge < -0.3 is 10.3 Å². The molecule has 0 amide bonds. The van der Waals surface area contributed by atoms with Crippen LogP contribution in [-0.4, -0.2) is 22.3 Å². The third kappa shape index (κ3) is 5.26. The highest BCUT2D eigenvalue weighted by molar-refractivity contribution is 6.16. The van der Waals surface area contributed by atoms with Crippen LogP contribution < -0.4 is 5.32 Å². The van der Waals surface area contributed by atoms with Gasteiger partial charge in [0.2, 0.25) is 5.78 Å². The van der Waals surface area contributed by atoms with Gasteiger partial charge in [-0.05, 0) is 24.6 Å². The number of carbonyl (C=O) groups is 1. The molecule has 162 valence electrons. The standard InChI is InChI=1S/C24H26F2N4O/c1-2-3-4-5-6-7-8-11-28-20-10-9-19(25)21(22(20)26)23(31)18-15-30-24-17(18)12-16(13-27)14-29-24/h9-10,12,14-15,28H,2-8,11H2,1H3,(H,29,30). The van der Waals surface area contributed by atoms with Crippen molar-refractivity contribution in [1.29, 1.82) is 5.26 Å². The number of hydrogen-bond acceptors (Lipinski definition) is 4. The molecule has 0 unspecified atom stereocenters. The van der Waals surface area contributed by atoms with E-state index in [2.05, 4.69) is 22.2 Å². The second kappa shape index (κ2) is 10.7. The average molecular weight is 424 g/mol. The van der Waals surface area contributed by atoms with Crippen LogP contribution in [-0.2, 0) is 0 Å². The van der Waals surface area contributed by atoms with Gasteiger partial charge in [0, 0.05) is 29.9 Å². The molecule has 0 bridgehead atoms. The summed E-state index contributed by atoms with van der Waals surface area (Å²) >= 11 is 0. The number of hydrogen-bond donors (Lipinski definition) is 2. The molecule has 7 heteroatoms. The maximum absolute atomic E-state index is 15.0. The van der Waals surface area contributed by atoms with Crippen molar-refractivity contribution in [3.63, 3.8) is 0 Å². The van der Waals surface area contributed by atoms with E-state index in [1.54, 1.807) is 0 Å². The Hall–Kier alpha value is -3.27. The molecule has 0 aliphatic carbocycles. The first-order valence-electron chi connectivity index (χ1n) is 10.7. The fourth-order valence-electron chi connectivity index (χ4n) is 3.59. The molecular formula is C24H26F2N4O. The Labute approximate surface area is 180 Å². The molecule has 31 heavy (non-hydrogen) atoms. The Morgan fingerprint density at radius 2 is 1.90 bits per heavy atom. The number of benzene rings is 1. The lowest BCUT2D eigenvalue weighted by Gasteiger charge is -2.11. The Balaban J connectivity index is 1.72. The van der Waals surface area contributed by atoms with E-state index < -0.39 is 23.0 Å². The molecule has 0 atom stereocenters. The Morgan fingerprint density at radius 1 is 1.16 bits per heavy atom. The van der Waals surface area contributed by atoms with E-state index in [9.17, 15) is 9.18 Å². The van der Waals surface area contributed by atoms with Crippen molar-refractivity contribution < 1.29 is 13.6 Å². The summed E-state index contributed by atoms with van der Waals surface area (Å²) < 4.78 is 29.5. The number of nitrogens with one attached hydrogen (secondary N) is 2. The van der Waals surface area contributed by atoms with Crippen molar-refractivity contribution in [1.82, 2.24) is 9.97 Å². The zero-order chi connectivity index (χ0) is 22.2. The van der Waals surface area contributed by atoms with Crippen molar-refractivity contribution in [2.75, 3.05) is 11.9 Å². The van der Waals surface area contributed by atoms with Gasteiger partial charge >= 0.3 is 0 Å². The van der Waals surface area contributed by atoms with E-state index in [0.717, 1.165) is 25.3 Å². The second-order valence-electron chi connectivity index (χ2n) is 7.60. The van der Waals surface area contributed by atoms with Crippen molar-refractivity contribution in [2.24, 2.45) is 0 Å². The van der Waals surface area contributed by atoms with Crippen LogP contribution in [0.2, 0.25) is 0 Å². The molecule has 0 aliphatic heterocycles. The summed E-state index contributed by atoms with van der Waals surface area (Å²) in [5, 5.41) is 12.4. The third-order valence-corrected chi connectivity index (χ3v) is 5.32. The lowest BCUT2D eigenvalue weighted by atomic mass is 10.0. The average Bonchev–Trinajstić information content (AvgIpc) is 3.20. The topological polar surface area (TPSA) is 81.6 Å². The zero-order valence-corrected chi connectivity index (χ0v) is 17.6. The summed E-state index contributed by atoms with van der Waals surface area (Å²) in [7, 11) is 0. The lowest BCUT2D eigenvalue weighted by Crippen LogP contribution is -2.11. The molecule has 3 aromatic rings. The smallest absolute Gasteiger partial charge is 0.201 e. The predicted molar refractivity (Wildman–Crippen MR) is 117 cm³/mol. The van der Waals surface area contributed by atoms with E-state index in [1.807, 2.05) is 6.07 Å². The second-order valence-corrected chi connectivity index (χ2v) is 7.60. The summed E-state index contributed by atoms with van der Waals surface area (Å²) in [4.78, 5) is 19.8. The molecule has 0 saturated carbocycles. The van der Waals surface area contributed by atoms with E-state index >= 15 is 4.39 Å². The van der Waals surface area contributed by atoms with Gasteiger partial charge in [-0.3, -0.25) is 4.79 Å². The molecule has 1 aromatic carbocycles. The summed E-state index contributed by atoms with van der Waals surface area (Å²) in [5.41, 5.74) is 0.185. The van der Waals surface area contributed by atoms with Crippen LogP contribution in [0, 0.1) is 23.0 Å². The summed E-state index contributed by atoms with van der Waals surface area (Å²) in [6, 6.07) is 5.83. The molecular weight excluding hydrogens is 398 g/mol. The SMILES string of the molecule is CCCCCCCCCNc1ccc(F)c(C(=O)c2c[nH]c3ncc(C#N)cc23)c1F. The van der Waals surface area contributed by atoms with Crippen LogP contribution >= 0.6 is 0 Å². The first-order valence-corrected chi connectivity index (χ1v) is 10.7. The molecule has 0 aliphatic rings. The van der Waals surface area contributed by atoms with Crippen molar-refractivity contribution in [3.05, 3.63) is 58.9 Å². The first-order chi connectivity index (χ1) is 15.1. The number of ketones is 1. The number of H-pyrrole nitrogens is 1. The molecule has 2 heterocycles. The van der Waals surface area contributed by atoms with Crippen LogP contribution in [0.4, 0.5) is 14.5 Å². The minimum atomic E-state index is -0.928. The number of carbonyl (C=O) groups excluding carboxylic acids is 1. The lowest BCUT2D eigenvalue weighted by molar-refractivity contribution is 0.103. The van der Waals surface area contributed by atoms with E-state index in [-0.39, 0.29) is 16.8 Å². The normalized spacial score (nSPS) is 10.9. The Kier molecular flexibility index (Phi) is 7.71. The Morgan fingerprint density at radius 3 is 2.65 bits per heavy atom. The number of nitriles is 1. The van der Waals surface area contributed by atoms with Gasteiger partial charge in [-0.1, -0.05) is 45.4 Å². The van der Waals surface area contributed by atoms with Crippen molar-refractivity contribution in [3.8, 4) is 6.07 Å². The molecule has 0 radical (unpaired) electrons. The van der Waals surface area contributed by atoms with E-state index in [4.69, 9.17) is 5.26 Å².